The van der Waals surface area contributed by atoms with E-state index in [1.807, 2.05) is 46.8 Å². The number of hydrogen-bond acceptors (Lipinski definition) is 5. The largest absolute Gasteiger partial charge is 0.351 e. The first-order valence-electron chi connectivity index (χ1n) is 9.52. The molecule has 2 amide bonds. The fraction of sp³-hybridized carbons (Fsp3) is 0.500. The van der Waals surface area contributed by atoms with Crippen molar-refractivity contribution >= 4 is 40.9 Å². The minimum Gasteiger partial charge on any atom is -0.351 e. The third-order valence-corrected chi connectivity index (χ3v) is 5.44. The zero-order valence-corrected chi connectivity index (χ0v) is 19.0. The van der Waals surface area contributed by atoms with Gasteiger partial charge in [0.05, 0.1) is 23.3 Å². The van der Waals surface area contributed by atoms with Crippen LogP contribution in [0.15, 0.2) is 30.7 Å². The number of aromatic nitrogens is 3. The van der Waals surface area contributed by atoms with Crippen LogP contribution in [0, 0.1) is 0 Å². The maximum absolute atomic E-state index is 12.8. The van der Waals surface area contributed by atoms with Crippen molar-refractivity contribution in [1.82, 2.24) is 20.1 Å². The van der Waals surface area contributed by atoms with Crippen LogP contribution in [0.3, 0.4) is 0 Å². The molecule has 0 aromatic carbocycles. The Bertz CT molecular complexity index is 835. The molecule has 1 unspecified atom stereocenters. The quantitative estimate of drug-likeness (QED) is 0.681. The van der Waals surface area contributed by atoms with Crippen molar-refractivity contribution in [3.8, 4) is 5.69 Å². The molecule has 0 saturated heterocycles. The summed E-state index contributed by atoms with van der Waals surface area (Å²) in [7, 11) is 0. The summed E-state index contributed by atoms with van der Waals surface area (Å²) in [5, 5.41) is 7.27. The SMILES string of the molecule is CCN(C(=O)CCSC(C)C(=O)NC(C)(C)C)c1cn(-c2cccnc2)nc1Cl. The van der Waals surface area contributed by atoms with Gasteiger partial charge < -0.3 is 10.2 Å². The summed E-state index contributed by atoms with van der Waals surface area (Å²) in [5.74, 6) is 0.460. The summed E-state index contributed by atoms with van der Waals surface area (Å²) in [6.07, 6.45) is 5.39. The van der Waals surface area contributed by atoms with E-state index in [-0.39, 0.29) is 27.8 Å². The number of nitrogens with zero attached hydrogens (tertiary/aromatic N) is 4. The van der Waals surface area contributed by atoms with Gasteiger partial charge in [0.1, 0.15) is 5.69 Å². The Labute approximate surface area is 181 Å². The van der Waals surface area contributed by atoms with E-state index >= 15 is 0 Å². The summed E-state index contributed by atoms with van der Waals surface area (Å²) < 4.78 is 1.61. The summed E-state index contributed by atoms with van der Waals surface area (Å²) in [6, 6.07) is 3.67. The van der Waals surface area contributed by atoms with Crippen molar-refractivity contribution in [2.75, 3.05) is 17.2 Å². The molecule has 0 aliphatic carbocycles. The molecule has 1 atom stereocenters. The second-order valence-electron chi connectivity index (χ2n) is 7.60. The van der Waals surface area contributed by atoms with Crippen LogP contribution < -0.4 is 10.2 Å². The van der Waals surface area contributed by atoms with Gasteiger partial charge in [-0.25, -0.2) is 4.68 Å². The molecule has 0 aliphatic rings. The fourth-order valence-corrected chi connectivity index (χ4v) is 3.72. The lowest BCUT2D eigenvalue weighted by molar-refractivity contribution is -0.122. The van der Waals surface area contributed by atoms with Crippen LogP contribution in [0.25, 0.3) is 5.69 Å². The summed E-state index contributed by atoms with van der Waals surface area (Å²) >= 11 is 7.76. The van der Waals surface area contributed by atoms with E-state index < -0.39 is 0 Å². The highest BCUT2D eigenvalue weighted by Gasteiger charge is 2.22. The Kier molecular flexibility index (Phi) is 8.10. The van der Waals surface area contributed by atoms with E-state index in [9.17, 15) is 9.59 Å². The number of amides is 2. The fourth-order valence-electron chi connectivity index (χ4n) is 2.63. The van der Waals surface area contributed by atoms with Crippen LogP contribution in [0.2, 0.25) is 5.15 Å². The summed E-state index contributed by atoms with van der Waals surface area (Å²) in [4.78, 5) is 30.6. The zero-order chi connectivity index (χ0) is 21.6. The number of carbonyl (C=O) groups excluding carboxylic acids is 2. The van der Waals surface area contributed by atoms with Gasteiger partial charge in [0.2, 0.25) is 11.8 Å². The Morgan fingerprint density at radius 2 is 2.10 bits per heavy atom. The maximum Gasteiger partial charge on any atom is 0.233 e. The number of halogens is 1. The van der Waals surface area contributed by atoms with E-state index in [0.717, 1.165) is 5.69 Å². The molecule has 0 radical (unpaired) electrons. The number of thioether (sulfide) groups is 1. The third kappa shape index (κ3) is 6.75. The van der Waals surface area contributed by atoms with Crippen LogP contribution in [0.1, 0.15) is 41.0 Å². The Morgan fingerprint density at radius 1 is 1.38 bits per heavy atom. The molecule has 158 valence electrons. The second kappa shape index (κ2) is 10.1. The lowest BCUT2D eigenvalue weighted by Gasteiger charge is -2.23. The number of nitrogens with one attached hydrogen (secondary N) is 1. The molecule has 9 heteroatoms. The molecule has 1 N–H and O–H groups in total. The zero-order valence-electron chi connectivity index (χ0n) is 17.5. The van der Waals surface area contributed by atoms with Crippen LogP contribution in [-0.2, 0) is 9.59 Å². The Morgan fingerprint density at radius 3 is 2.69 bits per heavy atom. The van der Waals surface area contributed by atoms with E-state index in [0.29, 0.717) is 24.4 Å². The van der Waals surface area contributed by atoms with Gasteiger partial charge in [0, 0.05) is 30.5 Å². The van der Waals surface area contributed by atoms with Gasteiger partial charge in [-0.05, 0) is 46.8 Å². The van der Waals surface area contributed by atoms with Gasteiger partial charge in [-0.15, -0.1) is 11.8 Å². The minimum atomic E-state index is -0.272. The van der Waals surface area contributed by atoms with Crippen LogP contribution >= 0.6 is 23.4 Å². The maximum atomic E-state index is 12.8. The summed E-state index contributed by atoms with van der Waals surface area (Å²) in [5.41, 5.74) is 1.05. The van der Waals surface area contributed by atoms with Crippen molar-refractivity contribution < 1.29 is 9.59 Å². The smallest absolute Gasteiger partial charge is 0.233 e. The number of anilines is 1. The first-order chi connectivity index (χ1) is 13.6. The van der Waals surface area contributed by atoms with Gasteiger partial charge in [-0.2, -0.15) is 5.10 Å². The highest BCUT2D eigenvalue weighted by molar-refractivity contribution is 8.00. The number of hydrogen-bond donors (Lipinski definition) is 1. The van der Waals surface area contributed by atoms with E-state index in [1.165, 1.54) is 11.8 Å². The predicted octanol–water partition coefficient (Wildman–Crippen LogP) is 3.70. The van der Waals surface area contributed by atoms with Crippen LogP contribution in [0.5, 0.6) is 0 Å². The van der Waals surface area contributed by atoms with Gasteiger partial charge in [-0.1, -0.05) is 11.6 Å². The first kappa shape index (κ1) is 23.2. The van der Waals surface area contributed by atoms with Gasteiger partial charge >= 0.3 is 0 Å². The van der Waals surface area contributed by atoms with Crippen molar-refractivity contribution in [1.29, 1.82) is 0 Å². The van der Waals surface area contributed by atoms with E-state index in [1.54, 1.807) is 28.2 Å². The van der Waals surface area contributed by atoms with E-state index in [4.69, 9.17) is 11.6 Å². The number of pyridine rings is 1. The molecule has 2 heterocycles. The normalized spacial score (nSPS) is 12.5. The van der Waals surface area contributed by atoms with Crippen molar-refractivity contribution in [2.24, 2.45) is 0 Å². The van der Waals surface area contributed by atoms with Gasteiger partial charge in [0.15, 0.2) is 5.15 Å². The average molecular weight is 438 g/mol. The van der Waals surface area contributed by atoms with E-state index in [2.05, 4.69) is 15.4 Å². The minimum absolute atomic E-state index is 0.0249. The molecule has 0 aliphatic heterocycles. The average Bonchev–Trinajstić information content (AvgIpc) is 3.03. The molecule has 2 aromatic heterocycles. The highest BCUT2D eigenvalue weighted by atomic mass is 35.5. The first-order valence-corrected chi connectivity index (χ1v) is 10.9. The van der Waals surface area contributed by atoms with Crippen LogP contribution in [0.4, 0.5) is 5.69 Å². The Hall–Kier alpha value is -2.06. The summed E-state index contributed by atoms with van der Waals surface area (Å²) in [6.45, 7) is 10.0. The molecular weight excluding hydrogens is 410 g/mol. The highest BCUT2D eigenvalue weighted by Crippen LogP contribution is 2.27. The van der Waals surface area contributed by atoms with Crippen molar-refractivity contribution in [3.05, 3.63) is 35.9 Å². The predicted molar refractivity (Wildman–Crippen MR) is 119 cm³/mol. The molecule has 0 spiro atoms. The van der Waals surface area contributed by atoms with Crippen molar-refractivity contribution in [2.45, 2.75) is 51.8 Å². The number of rotatable bonds is 8. The molecule has 0 bridgehead atoms. The lowest BCUT2D eigenvalue weighted by atomic mass is 10.1. The molecule has 29 heavy (non-hydrogen) atoms. The number of carbonyl (C=O) groups is 2. The molecule has 7 nitrogen and oxygen atoms in total. The molecule has 2 aromatic rings. The Balaban J connectivity index is 1.97. The molecular formula is C20H28ClN5O2S. The topological polar surface area (TPSA) is 80.1 Å². The van der Waals surface area contributed by atoms with Crippen molar-refractivity contribution in [3.63, 3.8) is 0 Å². The second-order valence-corrected chi connectivity index (χ2v) is 9.41. The van der Waals surface area contributed by atoms with Gasteiger partial charge in [0.25, 0.3) is 0 Å². The standard InChI is InChI=1S/C20H28ClN5O2S/c1-6-25(16-13-26(24-18(16)21)15-8-7-10-22-12-15)17(27)9-11-29-14(2)19(28)23-20(3,4)5/h7-8,10,12-14H,6,9,11H2,1-5H3,(H,23,28). The molecule has 2 rings (SSSR count). The van der Waals surface area contributed by atoms with Crippen LogP contribution in [-0.4, -0.2) is 49.7 Å². The van der Waals surface area contributed by atoms with Gasteiger partial charge in [-0.3, -0.25) is 14.6 Å². The lowest BCUT2D eigenvalue weighted by Crippen LogP contribution is -2.44. The molecule has 0 fully saturated rings. The third-order valence-electron chi connectivity index (χ3n) is 4.02. The monoisotopic (exact) mass is 437 g/mol. The molecule has 0 saturated carbocycles.